The van der Waals surface area contributed by atoms with Gasteiger partial charge in [-0.2, -0.15) is 0 Å². The van der Waals surface area contributed by atoms with Crippen LogP contribution in [0.1, 0.15) is 26.2 Å². The molecule has 0 radical (unpaired) electrons. The summed E-state index contributed by atoms with van der Waals surface area (Å²) in [6.07, 6.45) is 4.29. The van der Waals surface area contributed by atoms with Crippen LogP contribution in [0, 0.1) is 0 Å². The molecule has 18 heavy (non-hydrogen) atoms. The minimum absolute atomic E-state index is 0.104. The molecule has 2 amide bonds. The summed E-state index contributed by atoms with van der Waals surface area (Å²) in [4.78, 5) is 29.5. The monoisotopic (exact) mass is 252 g/mol. The van der Waals surface area contributed by atoms with Gasteiger partial charge in [-0.1, -0.05) is 0 Å². The summed E-state index contributed by atoms with van der Waals surface area (Å²) in [5.74, 6) is -0.600. The Morgan fingerprint density at radius 2 is 2.06 bits per heavy atom. The molecule has 0 bridgehead atoms. The first kappa shape index (κ1) is 13.9. The van der Waals surface area contributed by atoms with E-state index in [2.05, 4.69) is 20.6 Å². The fraction of sp³-hybridized carbons (Fsp3) is 0.455. The molecule has 1 aromatic rings. The quantitative estimate of drug-likeness (QED) is 0.706. The van der Waals surface area contributed by atoms with Crippen molar-refractivity contribution in [3.05, 3.63) is 18.5 Å². The number of nitrogens with one attached hydrogen (secondary N) is 2. The van der Waals surface area contributed by atoms with Crippen LogP contribution in [-0.2, 0) is 4.79 Å². The second-order valence-electron chi connectivity index (χ2n) is 3.86. The number of aromatic nitrogens is 2. The number of amides is 2. The average Bonchev–Trinajstić information content (AvgIpc) is 2.29. The predicted octanol–water partition coefficient (Wildman–Crippen LogP) is 1.24. The van der Waals surface area contributed by atoms with Gasteiger partial charge in [-0.05, 0) is 25.8 Å². The SMILES string of the molecule is CC(CCCC(=O)O)NC(=O)Nc1ncccn1. The summed E-state index contributed by atoms with van der Waals surface area (Å²) in [5, 5.41) is 13.6. The standard InChI is InChI=1S/C11H16N4O3/c1-8(4-2-5-9(16)17)14-11(18)15-10-12-6-3-7-13-10/h3,6-8H,2,4-5H2,1H3,(H,16,17)(H2,12,13,14,15,18). The van der Waals surface area contributed by atoms with E-state index in [4.69, 9.17) is 5.11 Å². The van der Waals surface area contributed by atoms with Crippen molar-refractivity contribution < 1.29 is 14.7 Å². The van der Waals surface area contributed by atoms with Crippen molar-refractivity contribution in [2.24, 2.45) is 0 Å². The summed E-state index contributed by atoms with van der Waals surface area (Å²) >= 11 is 0. The highest BCUT2D eigenvalue weighted by atomic mass is 16.4. The topological polar surface area (TPSA) is 104 Å². The van der Waals surface area contributed by atoms with Crippen LogP contribution < -0.4 is 10.6 Å². The van der Waals surface area contributed by atoms with Crippen molar-refractivity contribution >= 4 is 17.9 Å². The van der Waals surface area contributed by atoms with Crippen molar-refractivity contribution in [3.8, 4) is 0 Å². The minimum atomic E-state index is -0.829. The van der Waals surface area contributed by atoms with Crippen molar-refractivity contribution in [1.29, 1.82) is 0 Å². The molecule has 1 rings (SSSR count). The van der Waals surface area contributed by atoms with Gasteiger partial charge in [0.05, 0.1) is 0 Å². The number of carbonyl (C=O) groups is 2. The van der Waals surface area contributed by atoms with Crippen LogP contribution in [0.3, 0.4) is 0 Å². The molecule has 1 aromatic heterocycles. The highest BCUT2D eigenvalue weighted by Gasteiger charge is 2.08. The molecule has 0 saturated carbocycles. The third-order valence-electron chi connectivity index (χ3n) is 2.20. The number of anilines is 1. The lowest BCUT2D eigenvalue weighted by atomic mass is 10.1. The van der Waals surface area contributed by atoms with Crippen LogP contribution in [0.15, 0.2) is 18.5 Å². The van der Waals surface area contributed by atoms with E-state index in [1.807, 2.05) is 6.92 Å². The highest BCUT2D eigenvalue weighted by Crippen LogP contribution is 2.01. The lowest BCUT2D eigenvalue weighted by molar-refractivity contribution is -0.137. The molecule has 0 saturated heterocycles. The Balaban J connectivity index is 2.25. The third-order valence-corrected chi connectivity index (χ3v) is 2.20. The van der Waals surface area contributed by atoms with Gasteiger partial charge in [-0.25, -0.2) is 14.8 Å². The molecule has 0 aliphatic heterocycles. The van der Waals surface area contributed by atoms with Gasteiger partial charge in [0.1, 0.15) is 0 Å². The molecule has 0 spiro atoms. The van der Waals surface area contributed by atoms with Crippen molar-refractivity contribution in [3.63, 3.8) is 0 Å². The molecular formula is C11H16N4O3. The van der Waals surface area contributed by atoms with Crippen LogP contribution in [0.2, 0.25) is 0 Å². The number of aliphatic carboxylic acids is 1. The first-order valence-electron chi connectivity index (χ1n) is 5.64. The van der Waals surface area contributed by atoms with Gasteiger partial charge in [-0.15, -0.1) is 0 Å². The molecule has 1 heterocycles. The van der Waals surface area contributed by atoms with Gasteiger partial charge in [0, 0.05) is 24.9 Å². The molecule has 7 nitrogen and oxygen atoms in total. The summed E-state index contributed by atoms with van der Waals surface area (Å²) in [6, 6.07) is 1.15. The van der Waals surface area contributed by atoms with E-state index in [1.165, 1.54) is 12.4 Å². The molecule has 1 atom stereocenters. The fourth-order valence-corrected chi connectivity index (χ4v) is 1.36. The Morgan fingerprint density at radius 1 is 1.39 bits per heavy atom. The summed E-state index contributed by atoms with van der Waals surface area (Å²) in [6.45, 7) is 1.81. The number of hydrogen-bond donors (Lipinski definition) is 3. The molecule has 0 aliphatic rings. The van der Waals surface area contributed by atoms with Crippen LogP contribution in [0.25, 0.3) is 0 Å². The Hall–Kier alpha value is -2.18. The van der Waals surface area contributed by atoms with Crippen molar-refractivity contribution in [2.45, 2.75) is 32.2 Å². The zero-order chi connectivity index (χ0) is 13.4. The Bertz CT molecular complexity index is 397. The van der Waals surface area contributed by atoms with Gasteiger partial charge >= 0.3 is 12.0 Å². The van der Waals surface area contributed by atoms with Gasteiger partial charge in [0.15, 0.2) is 0 Å². The van der Waals surface area contributed by atoms with E-state index in [0.29, 0.717) is 12.8 Å². The van der Waals surface area contributed by atoms with Gasteiger partial charge in [-0.3, -0.25) is 10.1 Å². The van der Waals surface area contributed by atoms with E-state index in [1.54, 1.807) is 6.07 Å². The zero-order valence-electron chi connectivity index (χ0n) is 10.1. The maximum absolute atomic E-state index is 11.5. The smallest absolute Gasteiger partial charge is 0.321 e. The lowest BCUT2D eigenvalue weighted by Gasteiger charge is -2.13. The van der Waals surface area contributed by atoms with E-state index in [0.717, 1.165) is 0 Å². The van der Waals surface area contributed by atoms with Gasteiger partial charge in [0.25, 0.3) is 0 Å². The molecule has 3 N–H and O–H groups in total. The second-order valence-corrected chi connectivity index (χ2v) is 3.86. The molecular weight excluding hydrogens is 236 g/mol. The molecule has 0 aliphatic carbocycles. The van der Waals surface area contributed by atoms with Crippen molar-refractivity contribution in [1.82, 2.24) is 15.3 Å². The zero-order valence-corrected chi connectivity index (χ0v) is 10.1. The Kier molecular flexibility index (Phi) is 5.56. The van der Waals surface area contributed by atoms with Crippen LogP contribution in [0.4, 0.5) is 10.7 Å². The van der Waals surface area contributed by atoms with E-state index >= 15 is 0 Å². The number of carboxylic acid groups (broad SMARTS) is 1. The molecule has 0 fully saturated rings. The van der Waals surface area contributed by atoms with E-state index in [9.17, 15) is 9.59 Å². The first-order chi connectivity index (χ1) is 8.58. The highest BCUT2D eigenvalue weighted by molar-refractivity contribution is 5.87. The maximum Gasteiger partial charge on any atom is 0.321 e. The second kappa shape index (κ2) is 7.21. The molecule has 98 valence electrons. The molecule has 1 unspecified atom stereocenters. The molecule has 7 heteroatoms. The van der Waals surface area contributed by atoms with Crippen LogP contribution in [-0.4, -0.2) is 33.1 Å². The number of carboxylic acids is 1. The summed E-state index contributed by atoms with van der Waals surface area (Å²) < 4.78 is 0. The van der Waals surface area contributed by atoms with Crippen LogP contribution >= 0.6 is 0 Å². The lowest BCUT2D eigenvalue weighted by Crippen LogP contribution is -2.36. The van der Waals surface area contributed by atoms with Gasteiger partial charge in [0.2, 0.25) is 5.95 Å². The Labute approximate surface area is 105 Å². The summed E-state index contributed by atoms with van der Waals surface area (Å²) in [7, 11) is 0. The number of nitrogens with zero attached hydrogens (tertiary/aromatic N) is 2. The van der Waals surface area contributed by atoms with E-state index < -0.39 is 12.0 Å². The number of urea groups is 1. The van der Waals surface area contributed by atoms with Crippen molar-refractivity contribution in [2.75, 3.05) is 5.32 Å². The first-order valence-corrected chi connectivity index (χ1v) is 5.64. The normalized spacial score (nSPS) is 11.6. The van der Waals surface area contributed by atoms with Crippen LogP contribution in [0.5, 0.6) is 0 Å². The maximum atomic E-state index is 11.5. The van der Waals surface area contributed by atoms with E-state index in [-0.39, 0.29) is 18.4 Å². The number of hydrogen-bond acceptors (Lipinski definition) is 4. The largest absolute Gasteiger partial charge is 0.481 e. The third kappa shape index (κ3) is 5.78. The number of rotatable bonds is 6. The predicted molar refractivity (Wildman–Crippen MR) is 65.1 cm³/mol. The Morgan fingerprint density at radius 3 is 2.67 bits per heavy atom. The molecule has 0 aromatic carbocycles. The minimum Gasteiger partial charge on any atom is -0.481 e. The fourth-order valence-electron chi connectivity index (χ4n) is 1.36. The average molecular weight is 252 g/mol. The summed E-state index contributed by atoms with van der Waals surface area (Å²) in [5.41, 5.74) is 0. The van der Waals surface area contributed by atoms with Gasteiger partial charge < -0.3 is 10.4 Å². The number of carbonyl (C=O) groups excluding carboxylic acids is 1.